The third kappa shape index (κ3) is 2.24. The van der Waals surface area contributed by atoms with Crippen LogP contribution >= 0.6 is 11.3 Å². The number of aromatic nitrogens is 2. The van der Waals surface area contributed by atoms with E-state index in [1.807, 2.05) is 17.5 Å². The average Bonchev–Trinajstić information content (AvgIpc) is 2.85. The van der Waals surface area contributed by atoms with Gasteiger partial charge in [-0.05, 0) is 23.4 Å². The highest BCUT2D eigenvalue weighted by atomic mass is 32.1. The summed E-state index contributed by atoms with van der Waals surface area (Å²) in [7, 11) is 0. The standard InChI is InChI=1S/C10H10N2O2S/c13-9(14)4-3-7-6-11-12-10(7)8-2-1-5-15-8/h1-2,5-6H,3-4H2,(H,11,12)(H,13,14). The number of rotatable bonds is 4. The molecule has 5 heteroatoms. The van der Waals surface area contributed by atoms with Gasteiger partial charge in [-0.1, -0.05) is 6.07 Å². The molecule has 2 heterocycles. The first kappa shape index (κ1) is 9.92. The van der Waals surface area contributed by atoms with Crippen LogP contribution < -0.4 is 0 Å². The molecule has 0 atom stereocenters. The summed E-state index contributed by atoms with van der Waals surface area (Å²) in [4.78, 5) is 11.6. The number of aromatic amines is 1. The van der Waals surface area contributed by atoms with Crippen LogP contribution in [0.25, 0.3) is 10.6 Å². The summed E-state index contributed by atoms with van der Waals surface area (Å²) in [6.07, 6.45) is 2.34. The second-order valence-corrected chi connectivity index (χ2v) is 4.09. The second-order valence-electron chi connectivity index (χ2n) is 3.14. The summed E-state index contributed by atoms with van der Waals surface area (Å²) in [6, 6.07) is 3.95. The van der Waals surface area contributed by atoms with E-state index in [0.717, 1.165) is 16.1 Å². The third-order valence-corrected chi connectivity index (χ3v) is 2.98. The largest absolute Gasteiger partial charge is 0.481 e. The minimum Gasteiger partial charge on any atom is -0.481 e. The maximum absolute atomic E-state index is 10.5. The quantitative estimate of drug-likeness (QED) is 0.833. The van der Waals surface area contributed by atoms with Gasteiger partial charge in [0.05, 0.1) is 16.8 Å². The molecule has 0 amide bonds. The van der Waals surface area contributed by atoms with Crippen molar-refractivity contribution in [3.8, 4) is 10.6 Å². The van der Waals surface area contributed by atoms with Gasteiger partial charge in [-0.15, -0.1) is 11.3 Å². The Morgan fingerprint density at radius 2 is 2.47 bits per heavy atom. The summed E-state index contributed by atoms with van der Waals surface area (Å²) in [5.41, 5.74) is 1.89. The molecule has 2 N–H and O–H groups in total. The molecule has 4 nitrogen and oxygen atoms in total. The molecule has 2 rings (SSSR count). The van der Waals surface area contributed by atoms with Crippen molar-refractivity contribution in [2.75, 3.05) is 0 Å². The molecular formula is C10H10N2O2S. The minimum atomic E-state index is -0.784. The van der Waals surface area contributed by atoms with E-state index in [1.165, 1.54) is 0 Å². The van der Waals surface area contributed by atoms with Gasteiger partial charge in [0, 0.05) is 6.42 Å². The van der Waals surface area contributed by atoms with Crippen molar-refractivity contribution in [1.82, 2.24) is 10.2 Å². The van der Waals surface area contributed by atoms with Crippen molar-refractivity contribution in [2.24, 2.45) is 0 Å². The smallest absolute Gasteiger partial charge is 0.303 e. The molecule has 2 aromatic rings. The third-order valence-electron chi connectivity index (χ3n) is 2.09. The summed E-state index contributed by atoms with van der Waals surface area (Å²) in [6.45, 7) is 0. The van der Waals surface area contributed by atoms with Crippen LogP contribution in [0.15, 0.2) is 23.7 Å². The molecule has 0 unspecified atom stereocenters. The van der Waals surface area contributed by atoms with Crippen LogP contribution in [-0.4, -0.2) is 21.3 Å². The molecule has 0 aromatic carbocycles. The predicted molar refractivity (Wildman–Crippen MR) is 57.9 cm³/mol. The zero-order valence-corrected chi connectivity index (χ0v) is 8.75. The van der Waals surface area contributed by atoms with E-state index in [0.29, 0.717) is 6.42 Å². The fourth-order valence-corrected chi connectivity index (χ4v) is 2.13. The van der Waals surface area contributed by atoms with Crippen molar-refractivity contribution < 1.29 is 9.90 Å². The van der Waals surface area contributed by atoms with Crippen LogP contribution in [-0.2, 0) is 11.2 Å². The van der Waals surface area contributed by atoms with E-state index in [1.54, 1.807) is 17.5 Å². The first-order chi connectivity index (χ1) is 7.27. The van der Waals surface area contributed by atoms with Crippen LogP contribution in [0.2, 0.25) is 0 Å². The van der Waals surface area contributed by atoms with Gasteiger partial charge in [0.15, 0.2) is 0 Å². The summed E-state index contributed by atoms with van der Waals surface area (Å²) in [5.74, 6) is -0.784. The minimum absolute atomic E-state index is 0.137. The van der Waals surface area contributed by atoms with E-state index in [-0.39, 0.29) is 6.42 Å². The number of aryl methyl sites for hydroxylation is 1. The second kappa shape index (κ2) is 4.27. The number of nitrogens with one attached hydrogen (secondary N) is 1. The monoisotopic (exact) mass is 222 g/mol. The Kier molecular flexibility index (Phi) is 2.82. The number of hydrogen-bond donors (Lipinski definition) is 2. The fraction of sp³-hybridized carbons (Fsp3) is 0.200. The molecular weight excluding hydrogens is 212 g/mol. The molecule has 0 saturated heterocycles. The number of hydrogen-bond acceptors (Lipinski definition) is 3. The average molecular weight is 222 g/mol. The number of carboxylic acid groups (broad SMARTS) is 1. The number of carbonyl (C=O) groups is 1. The summed E-state index contributed by atoms with van der Waals surface area (Å²) >= 11 is 1.61. The van der Waals surface area contributed by atoms with Crippen molar-refractivity contribution in [1.29, 1.82) is 0 Å². The van der Waals surface area contributed by atoms with Crippen LogP contribution in [0, 0.1) is 0 Å². The maximum atomic E-state index is 10.5. The normalized spacial score (nSPS) is 10.4. The number of H-pyrrole nitrogens is 1. The first-order valence-corrected chi connectivity index (χ1v) is 5.43. The van der Waals surface area contributed by atoms with Crippen molar-refractivity contribution >= 4 is 17.3 Å². The number of aliphatic carboxylic acids is 1. The topological polar surface area (TPSA) is 66.0 Å². The number of thiophene rings is 1. The molecule has 0 aliphatic carbocycles. The zero-order chi connectivity index (χ0) is 10.7. The highest BCUT2D eigenvalue weighted by molar-refractivity contribution is 7.13. The Morgan fingerprint density at radius 3 is 3.13 bits per heavy atom. The lowest BCUT2D eigenvalue weighted by atomic mass is 10.1. The van der Waals surface area contributed by atoms with Crippen LogP contribution in [0.3, 0.4) is 0 Å². The highest BCUT2D eigenvalue weighted by Gasteiger charge is 2.09. The van der Waals surface area contributed by atoms with E-state index in [4.69, 9.17) is 5.11 Å². The molecule has 0 radical (unpaired) electrons. The van der Waals surface area contributed by atoms with E-state index in [2.05, 4.69) is 10.2 Å². The zero-order valence-electron chi connectivity index (χ0n) is 7.93. The maximum Gasteiger partial charge on any atom is 0.303 e. The van der Waals surface area contributed by atoms with Crippen LogP contribution in [0.5, 0.6) is 0 Å². The van der Waals surface area contributed by atoms with Gasteiger partial charge < -0.3 is 5.11 Å². The summed E-state index contributed by atoms with van der Waals surface area (Å²) in [5, 5.41) is 17.4. The van der Waals surface area contributed by atoms with E-state index < -0.39 is 5.97 Å². The van der Waals surface area contributed by atoms with Crippen molar-refractivity contribution in [3.05, 3.63) is 29.3 Å². The molecule has 0 spiro atoms. The van der Waals surface area contributed by atoms with Gasteiger partial charge in [0.1, 0.15) is 0 Å². The molecule has 0 aliphatic rings. The molecule has 78 valence electrons. The first-order valence-electron chi connectivity index (χ1n) is 4.55. The van der Waals surface area contributed by atoms with Crippen LogP contribution in [0.4, 0.5) is 0 Å². The lowest BCUT2D eigenvalue weighted by Crippen LogP contribution is -1.97. The van der Waals surface area contributed by atoms with E-state index >= 15 is 0 Å². The van der Waals surface area contributed by atoms with Gasteiger partial charge in [-0.25, -0.2) is 0 Å². The van der Waals surface area contributed by atoms with Gasteiger partial charge >= 0.3 is 5.97 Å². The Labute approximate surface area is 90.6 Å². The molecule has 2 aromatic heterocycles. The van der Waals surface area contributed by atoms with Crippen LogP contribution in [0.1, 0.15) is 12.0 Å². The highest BCUT2D eigenvalue weighted by Crippen LogP contribution is 2.26. The van der Waals surface area contributed by atoms with E-state index in [9.17, 15) is 4.79 Å². The summed E-state index contributed by atoms with van der Waals surface area (Å²) < 4.78 is 0. The Morgan fingerprint density at radius 1 is 1.60 bits per heavy atom. The molecule has 0 saturated carbocycles. The lowest BCUT2D eigenvalue weighted by Gasteiger charge is -1.98. The van der Waals surface area contributed by atoms with Crippen molar-refractivity contribution in [3.63, 3.8) is 0 Å². The number of nitrogens with zero attached hydrogens (tertiary/aromatic N) is 1. The predicted octanol–water partition coefficient (Wildman–Crippen LogP) is 2.16. The van der Waals surface area contributed by atoms with Gasteiger partial charge in [0.25, 0.3) is 0 Å². The van der Waals surface area contributed by atoms with Crippen molar-refractivity contribution in [2.45, 2.75) is 12.8 Å². The Balaban J connectivity index is 2.19. The van der Waals surface area contributed by atoms with Gasteiger partial charge in [-0.3, -0.25) is 9.89 Å². The molecule has 0 fully saturated rings. The lowest BCUT2D eigenvalue weighted by molar-refractivity contribution is -0.136. The molecule has 0 bridgehead atoms. The SMILES string of the molecule is O=C(O)CCc1cn[nH]c1-c1cccs1. The van der Waals surface area contributed by atoms with Gasteiger partial charge in [-0.2, -0.15) is 5.10 Å². The van der Waals surface area contributed by atoms with Gasteiger partial charge in [0.2, 0.25) is 0 Å². The Hall–Kier alpha value is -1.62. The Bertz CT molecular complexity index is 448. The fourth-order valence-electron chi connectivity index (χ4n) is 1.38. The number of carboxylic acids is 1. The molecule has 15 heavy (non-hydrogen) atoms. The molecule has 0 aliphatic heterocycles.